The summed E-state index contributed by atoms with van der Waals surface area (Å²) in [6, 6.07) is 24.2. The average Bonchev–Trinajstić information content (AvgIpc) is 2.97. The monoisotopic (exact) mass is 532 g/mol. The van der Waals surface area contributed by atoms with Gasteiger partial charge in [-0.1, -0.05) is 48.2 Å². The normalized spacial score (nSPS) is 12.4. The maximum atomic E-state index is 9.58. The standard InChI is InChI=1S/C18H20O2.C18H16O2/c2*19-10-2-1-3-13-4-8-17-14(11-13)5-6-15-12-16(20)7-9-18(15)17/h4,7-9,11-12,19-20H,1-3,5-6,10H2;4,7-9,11-12,19-20H,2,5-6,10H2. The second-order valence-electron chi connectivity index (χ2n) is 10.5. The van der Waals surface area contributed by atoms with Crippen LogP contribution >= 0.6 is 0 Å². The molecule has 4 aromatic rings. The molecule has 6 rings (SSSR count). The van der Waals surface area contributed by atoms with Gasteiger partial charge < -0.3 is 20.4 Å². The first-order valence-electron chi connectivity index (χ1n) is 14.2. The molecule has 0 atom stereocenters. The molecule has 2 aliphatic rings. The van der Waals surface area contributed by atoms with Crippen LogP contribution < -0.4 is 0 Å². The van der Waals surface area contributed by atoms with Gasteiger partial charge in [-0.2, -0.15) is 0 Å². The molecule has 2 aliphatic carbocycles. The molecular weight excluding hydrogens is 496 g/mol. The second-order valence-corrected chi connectivity index (χ2v) is 10.5. The van der Waals surface area contributed by atoms with Crippen molar-refractivity contribution >= 4 is 0 Å². The van der Waals surface area contributed by atoms with E-state index in [9.17, 15) is 10.2 Å². The first-order chi connectivity index (χ1) is 19.6. The van der Waals surface area contributed by atoms with E-state index in [2.05, 4.69) is 42.2 Å². The van der Waals surface area contributed by atoms with Crippen LogP contribution in [0.3, 0.4) is 0 Å². The third-order valence-electron chi connectivity index (χ3n) is 7.70. The van der Waals surface area contributed by atoms with E-state index in [1.54, 1.807) is 12.1 Å². The molecule has 0 aliphatic heterocycles. The molecule has 40 heavy (non-hydrogen) atoms. The van der Waals surface area contributed by atoms with E-state index >= 15 is 0 Å². The Hall–Kier alpha value is -4.04. The molecule has 4 nitrogen and oxygen atoms in total. The number of aromatic hydroxyl groups is 2. The molecular formula is C36H36O4. The van der Waals surface area contributed by atoms with Crippen LogP contribution in [0.2, 0.25) is 0 Å². The van der Waals surface area contributed by atoms with Crippen molar-refractivity contribution in [2.24, 2.45) is 0 Å². The minimum Gasteiger partial charge on any atom is -0.508 e. The Morgan fingerprint density at radius 3 is 1.65 bits per heavy atom. The summed E-state index contributed by atoms with van der Waals surface area (Å²) in [5.41, 5.74) is 12.5. The van der Waals surface area contributed by atoms with E-state index in [1.807, 2.05) is 30.3 Å². The van der Waals surface area contributed by atoms with E-state index in [0.717, 1.165) is 50.5 Å². The molecule has 0 unspecified atom stereocenters. The van der Waals surface area contributed by atoms with Gasteiger partial charge in [-0.15, -0.1) is 0 Å². The lowest BCUT2D eigenvalue weighted by molar-refractivity contribution is 0.284. The van der Waals surface area contributed by atoms with Gasteiger partial charge in [0.1, 0.15) is 11.5 Å². The Balaban J connectivity index is 0.000000161. The highest BCUT2D eigenvalue weighted by atomic mass is 16.3. The third kappa shape index (κ3) is 6.39. The van der Waals surface area contributed by atoms with Gasteiger partial charge in [0.05, 0.1) is 6.61 Å². The van der Waals surface area contributed by atoms with Crippen LogP contribution in [-0.4, -0.2) is 33.6 Å². The highest BCUT2D eigenvalue weighted by Crippen LogP contribution is 2.37. The Bertz CT molecular complexity index is 1560. The number of fused-ring (bicyclic) bond motifs is 6. The first kappa shape index (κ1) is 27.5. The molecule has 0 radical (unpaired) electrons. The van der Waals surface area contributed by atoms with E-state index in [4.69, 9.17) is 10.2 Å². The van der Waals surface area contributed by atoms with Crippen LogP contribution in [0.1, 0.15) is 52.6 Å². The number of aliphatic hydroxyl groups excluding tert-OH is 2. The van der Waals surface area contributed by atoms with Crippen molar-refractivity contribution in [2.45, 2.75) is 51.4 Å². The number of hydrogen-bond acceptors (Lipinski definition) is 4. The molecule has 0 spiro atoms. The molecule has 4 aromatic carbocycles. The predicted octanol–water partition coefficient (Wildman–Crippen LogP) is 6.36. The van der Waals surface area contributed by atoms with Gasteiger partial charge in [-0.3, -0.25) is 0 Å². The van der Waals surface area contributed by atoms with Crippen LogP contribution in [0.25, 0.3) is 22.3 Å². The van der Waals surface area contributed by atoms with E-state index < -0.39 is 0 Å². The SMILES string of the molecule is OCCC#Cc1ccc2c(c1)CCc1cc(O)ccc1-2.OCCCCc1ccc2c(c1)CCc1cc(O)ccc1-2. The zero-order chi connectivity index (χ0) is 27.9. The van der Waals surface area contributed by atoms with Gasteiger partial charge in [-0.05, 0) is 131 Å². The fourth-order valence-electron chi connectivity index (χ4n) is 5.71. The third-order valence-corrected chi connectivity index (χ3v) is 7.70. The number of hydrogen-bond donors (Lipinski definition) is 4. The molecule has 204 valence electrons. The fraction of sp³-hybridized carbons (Fsp3) is 0.278. The van der Waals surface area contributed by atoms with Gasteiger partial charge in [-0.25, -0.2) is 0 Å². The van der Waals surface area contributed by atoms with Gasteiger partial charge in [0.25, 0.3) is 0 Å². The lowest BCUT2D eigenvalue weighted by Gasteiger charge is -2.21. The van der Waals surface area contributed by atoms with Crippen molar-refractivity contribution in [1.29, 1.82) is 0 Å². The lowest BCUT2D eigenvalue weighted by Crippen LogP contribution is -2.04. The minimum absolute atomic E-state index is 0.106. The summed E-state index contributed by atoms with van der Waals surface area (Å²) in [4.78, 5) is 0. The molecule has 4 heteroatoms. The number of unbranched alkanes of at least 4 members (excludes halogenated alkanes) is 1. The summed E-state index contributed by atoms with van der Waals surface area (Å²) < 4.78 is 0. The smallest absolute Gasteiger partial charge is 0.115 e. The molecule has 0 bridgehead atoms. The van der Waals surface area contributed by atoms with E-state index in [0.29, 0.717) is 17.9 Å². The molecule has 0 fully saturated rings. The minimum atomic E-state index is 0.106. The highest BCUT2D eigenvalue weighted by molar-refractivity contribution is 5.75. The number of benzene rings is 4. The number of aliphatic hydroxyl groups is 2. The number of aryl methyl sites for hydroxylation is 5. The molecule has 0 amide bonds. The van der Waals surface area contributed by atoms with Gasteiger partial charge in [0.15, 0.2) is 0 Å². The summed E-state index contributed by atoms with van der Waals surface area (Å²) in [6.07, 6.45) is 7.43. The van der Waals surface area contributed by atoms with Crippen molar-refractivity contribution in [2.75, 3.05) is 13.2 Å². The molecule has 4 N–H and O–H groups in total. The topological polar surface area (TPSA) is 80.9 Å². The number of rotatable bonds is 5. The Morgan fingerprint density at radius 1 is 0.550 bits per heavy atom. The van der Waals surface area contributed by atoms with Crippen molar-refractivity contribution in [3.63, 3.8) is 0 Å². The molecule has 0 saturated carbocycles. The Morgan fingerprint density at radius 2 is 1.07 bits per heavy atom. The summed E-state index contributed by atoms with van der Waals surface area (Å²) in [5, 5.41) is 36.7. The summed E-state index contributed by atoms with van der Waals surface area (Å²) in [6.45, 7) is 0.386. The molecule has 0 saturated heterocycles. The second kappa shape index (κ2) is 12.9. The van der Waals surface area contributed by atoms with Gasteiger partial charge in [0.2, 0.25) is 0 Å². The maximum Gasteiger partial charge on any atom is 0.115 e. The summed E-state index contributed by atoms with van der Waals surface area (Å²) in [5.74, 6) is 6.72. The van der Waals surface area contributed by atoms with Crippen LogP contribution in [0.4, 0.5) is 0 Å². The number of phenolic OH excluding ortho intramolecular Hbond substituents is 2. The molecule has 0 aromatic heterocycles. The number of phenols is 2. The Labute approximate surface area is 236 Å². The largest absolute Gasteiger partial charge is 0.508 e. The van der Waals surface area contributed by atoms with Crippen molar-refractivity contribution in [1.82, 2.24) is 0 Å². The van der Waals surface area contributed by atoms with Gasteiger partial charge >= 0.3 is 0 Å². The maximum absolute atomic E-state index is 9.58. The predicted molar refractivity (Wildman–Crippen MR) is 161 cm³/mol. The first-order valence-corrected chi connectivity index (χ1v) is 14.2. The van der Waals surface area contributed by atoms with E-state index in [1.165, 1.54) is 50.1 Å². The van der Waals surface area contributed by atoms with Crippen molar-refractivity contribution in [3.05, 3.63) is 106 Å². The summed E-state index contributed by atoms with van der Waals surface area (Å²) in [7, 11) is 0. The van der Waals surface area contributed by atoms with Crippen LogP contribution in [0.15, 0.2) is 72.8 Å². The summed E-state index contributed by atoms with van der Waals surface area (Å²) >= 11 is 0. The zero-order valence-corrected chi connectivity index (χ0v) is 22.8. The van der Waals surface area contributed by atoms with Crippen LogP contribution in [0, 0.1) is 11.8 Å². The Kier molecular flexibility index (Phi) is 8.86. The van der Waals surface area contributed by atoms with Crippen LogP contribution in [-0.2, 0) is 32.1 Å². The average molecular weight is 533 g/mol. The molecule has 0 heterocycles. The fourth-order valence-corrected chi connectivity index (χ4v) is 5.71. The quantitative estimate of drug-likeness (QED) is 0.178. The highest BCUT2D eigenvalue weighted by Gasteiger charge is 2.17. The van der Waals surface area contributed by atoms with Gasteiger partial charge in [0, 0.05) is 18.6 Å². The van der Waals surface area contributed by atoms with Crippen LogP contribution in [0.5, 0.6) is 11.5 Å². The lowest BCUT2D eigenvalue weighted by atomic mass is 9.84. The van der Waals surface area contributed by atoms with Crippen molar-refractivity contribution in [3.8, 4) is 45.6 Å². The van der Waals surface area contributed by atoms with Crippen molar-refractivity contribution < 1.29 is 20.4 Å². The van der Waals surface area contributed by atoms with E-state index in [-0.39, 0.29) is 13.2 Å². The zero-order valence-electron chi connectivity index (χ0n) is 22.8.